The van der Waals surface area contributed by atoms with Gasteiger partial charge in [-0.15, -0.1) is 6.42 Å². The maximum absolute atomic E-state index is 13.9. The van der Waals surface area contributed by atoms with Crippen LogP contribution < -0.4 is 60.5 Å². The number of hydrogen-bond acceptors (Lipinski definition) is 26. The summed E-state index contributed by atoms with van der Waals surface area (Å²) in [5, 5.41) is 26.4. The standard InChI is InChI=1S/C20H18N2O2.C19H17ClN4O.C19H15F2N3O2.C19H12FN3O2.C17H10ClN5O2.C17H13FN4O2.CH4/c1-14-6-3-7-16(12-14)20(23)22-17-8-4-9-18(13-17)24-19-10-5-11-21-15(19)2;1-13-4-3-5-14(8-13)19(25)23-18-9-15(6-7-17(18)20)24(2)16-10-21-12-22-11-16;1-19(20,21)17-9-3-8-16(24-17)18(25)23-13-5-2-6-14(11-13)26-15-7-4-10-22-12-15;1-2-13-4-3-5-14(8-13)19(24)23-15-6-7-17(20)18(9-15)25-16-10-21-12-22-11-16;18-12-1-2-22-16(5-12)17(24)23-13-3-11(7-19)4-14(6-13)25-15-8-20-10-21-9-15;1-11-3-2-4-16(21-11)17(23)22-13-5-12(18)6-14(7-13)24-15-8-19-10-20-9-15;/h3-13H,1-2H3,(H,22,23);3-12H,1-2H3,(H,23,25);2-12H,1H3,(H,23,25);1,3-12H,(H,23,24);1-6,8-10H,(H,23,24);2-10H,1H3,(H,22,23);1H4. The Kier molecular flexibility index (Phi) is 39.1. The van der Waals surface area contributed by atoms with Crippen molar-refractivity contribution in [2.24, 2.45) is 0 Å². The molecule has 6 amide bonds. The third kappa shape index (κ3) is 33.8. The molecule has 0 aliphatic carbocycles. The van der Waals surface area contributed by atoms with Crippen LogP contribution in [0.25, 0.3) is 0 Å². The van der Waals surface area contributed by atoms with Crippen LogP contribution in [-0.2, 0) is 5.92 Å². The summed E-state index contributed by atoms with van der Waals surface area (Å²) in [6, 6.07) is 74.8. The van der Waals surface area contributed by atoms with E-state index in [1.54, 1.807) is 159 Å². The normalized spacial score (nSPS) is 10.2. The van der Waals surface area contributed by atoms with E-state index in [9.17, 15) is 46.3 Å². The van der Waals surface area contributed by atoms with Crippen LogP contribution in [0.3, 0.4) is 0 Å². The molecule has 18 rings (SSSR count). The molecule has 9 heterocycles. The molecular weight excluding hydrogens is 1960 g/mol. The minimum Gasteiger partial charge on any atom is -0.456 e. The number of carbonyl (C=O) groups is 6. The number of ether oxygens (including phenoxy) is 5. The highest BCUT2D eigenvalue weighted by Crippen LogP contribution is 2.36. The topological polar surface area (TPSA) is 415 Å². The first-order valence-electron chi connectivity index (χ1n) is 44.6. The summed E-state index contributed by atoms with van der Waals surface area (Å²) in [6.45, 7) is 8.31. The molecular formula is C112H89Cl2F4N21O11. The van der Waals surface area contributed by atoms with E-state index in [1.807, 2.05) is 118 Å². The van der Waals surface area contributed by atoms with E-state index in [0.29, 0.717) is 107 Å². The first-order chi connectivity index (χ1) is 72.0. The lowest BCUT2D eigenvalue weighted by Gasteiger charge is -2.20. The van der Waals surface area contributed by atoms with Crippen molar-refractivity contribution in [3.8, 4) is 75.9 Å². The molecule has 18 aromatic rings. The highest BCUT2D eigenvalue weighted by molar-refractivity contribution is 6.34. The van der Waals surface area contributed by atoms with Crippen molar-refractivity contribution in [3.05, 3.63) is 461 Å². The molecule has 6 N–H and O–H groups in total. The summed E-state index contributed by atoms with van der Waals surface area (Å²) in [7, 11) is 1.90. The first kappa shape index (κ1) is 109. The molecule has 0 saturated carbocycles. The number of rotatable bonds is 25. The van der Waals surface area contributed by atoms with Gasteiger partial charge in [-0.05, 0) is 204 Å². The molecule has 0 aliphatic rings. The molecule has 32 nitrogen and oxygen atoms in total. The van der Waals surface area contributed by atoms with Gasteiger partial charge in [-0.1, -0.05) is 102 Å². The highest BCUT2D eigenvalue weighted by Gasteiger charge is 2.28. The molecule has 0 bridgehead atoms. The number of aryl methyl sites for hydroxylation is 4. The van der Waals surface area contributed by atoms with Gasteiger partial charge in [0.1, 0.15) is 88.4 Å². The number of amides is 6. The second kappa shape index (κ2) is 53.9. The van der Waals surface area contributed by atoms with Crippen molar-refractivity contribution in [3.63, 3.8) is 0 Å². The van der Waals surface area contributed by atoms with Crippen molar-refractivity contribution < 1.29 is 70.0 Å². The van der Waals surface area contributed by atoms with E-state index in [2.05, 4.69) is 103 Å². The van der Waals surface area contributed by atoms with Crippen LogP contribution in [0.5, 0.6) is 57.5 Å². The van der Waals surface area contributed by atoms with Gasteiger partial charge in [-0.25, -0.2) is 58.6 Å². The van der Waals surface area contributed by atoms with E-state index in [-0.39, 0.29) is 65.2 Å². The van der Waals surface area contributed by atoms with Gasteiger partial charge in [0.2, 0.25) is 0 Å². The van der Waals surface area contributed by atoms with Crippen molar-refractivity contribution in [1.82, 2.24) is 64.8 Å². The second-order valence-corrected chi connectivity index (χ2v) is 32.4. The second-order valence-electron chi connectivity index (χ2n) is 31.6. The zero-order chi connectivity index (χ0) is 106. The van der Waals surface area contributed by atoms with Crippen LogP contribution in [-0.4, -0.2) is 107 Å². The Morgan fingerprint density at radius 3 is 1.43 bits per heavy atom. The van der Waals surface area contributed by atoms with E-state index < -0.39 is 41.0 Å². The van der Waals surface area contributed by atoms with Crippen molar-refractivity contribution in [2.45, 2.75) is 48.0 Å². The van der Waals surface area contributed by atoms with Crippen LogP contribution in [0, 0.1) is 63.0 Å². The molecule has 0 radical (unpaired) electrons. The fourth-order valence-corrected chi connectivity index (χ4v) is 13.4. The minimum atomic E-state index is -3.12. The van der Waals surface area contributed by atoms with Crippen molar-refractivity contribution in [2.75, 3.05) is 43.8 Å². The number of nitrogens with one attached hydrogen (secondary N) is 6. The summed E-state index contributed by atoms with van der Waals surface area (Å²) in [5.41, 5.74) is 10.4. The average molecular weight is 2050 g/mol. The Labute approximate surface area is 868 Å². The van der Waals surface area contributed by atoms with Crippen molar-refractivity contribution in [1.29, 1.82) is 5.26 Å². The number of anilines is 8. The number of nitrogens with zero attached hydrogens (tertiary/aromatic N) is 15. The minimum absolute atomic E-state index is 0. The SMILES string of the molecule is C.C#Cc1cccc(C(=O)Nc2ccc(F)c(Oc3cncnc3)c2)c1.CC(F)(F)c1cccc(C(=O)Nc2cccc(Oc3cccnc3)c2)n1.Cc1cccc(C(=O)Nc2cc(F)cc(Oc3cncnc3)c2)n1.Cc1cccc(C(=O)Nc2cc(N(C)c3cncnc3)ccc2Cl)c1.Cc1cccc(C(=O)Nc2cccc(Oc3cccnc3C)c2)c1.N#Cc1cc(NC(=O)c2cc(Cl)ccn2)cc(Oc2cncnc2)c1. The molecule has 150 heavy (non-hydrogen) atoms. The summed E-state index contributed by atoms with van der Waals surface area (Å²) < 4.78 is 82.4. The van der Waals surface area contributed by atoms with Crippen LogP contribution in [0.1, 0.15) is 116 Å². The number of benzene rings is 9. The van der Waals surface area contributed by atoms with Crippen LogP contribution in [0.15, 0.2) is 367 Å². The first-order valence-corrected chi connectivity index (χ1v) is 45.3. The van der Waals surface area contributed by atoms with Gasteiger partial charge >= 0.3 is 0 Å². The number of halogens is 6. The number of pyridine rings is 5. The highest BCUT2D eigenvalue weighted by atomic mass is 35.5. The van der Waals surface area contributed by atoms with Crippen LogP contribution >= 0.6 is 23.2 Å². The number of aromatic nitrogens is 13. The van der Waals surface area contributed by atoms with Gasteiger partial charge in [0.05, 0.1) is 89.5 Å². The molecule has 0 saturated heterocycles. The summed E-state index contributed by atoms with van der Waals surface area (Å²) in [4.78, 5) is 127. The largest absolute Gasteiger partial charge is 0.456 e. The third-order valence-electron chi connectivity index (χ3n) is 20.0. The Balaban J connectivity index is 0.000000159. The number of terminal acetylenes is 1. The average Bonchev–Trinajstić information content (AvgIpc) is 1.59. The fourth-order valence-electron chi connectivity index (χ4n) is 13.0. The quantitative estimate of drug-likeness (QED) is 0.0229. The molecule has 0 fully saturated rings. The maximum atomic E-state index is 13.9. The molecule has 0 spiro atoms. The van der Waals surface area contributed by atoms with Crippen LogP contribution in [0.2, 0.25) is 10.0 Å². The monoisotopic (exact) mass is 2050 g/mol. The predicted molar refractivity (Wildman–Crippen MR) is 561 cm³/mol. The van der Waals surface area contributed by atoms with Crippen molar-refractivity contribution >= 4 is 104 Å². The van der Waals surface area contributed by atoms with Gasteiger partial charge in [-0.3, -0.25) is 43.7 Å². The number of nitriles is 1. The maximum Gasteiger partial charge on any atom is 0.287 e. The lowest BCUT2D eigenvalue weighted by Crippen LogP contribution is -2.17. The zero-order valence-corrected chi connectivity index (χ0v) is 81.2. The zero-order valence-electron chi connectivity index (χ0n) is 79.7. The summed E-state index contributed by atoms with van der Waals surface area (Å²) in [6.07, 6.45) is 29.4. The molecule has 9 aromatic heterocycles. The third-order valence-corrected chi connectivity index (χ3v) is 20.6. The number of alkyl halides is 2. The van der Waals surface area contributed by atoms with E-state index in [0.717, 1.165) is 40.8 Å². The van der Waals surface area contributed by atoms with Gasteiger partial charge in [-0.2, -0.15) is 14.0 Å². The van der Waals surface area contributed by atoms with E-state index in [4.69, 9.17) is 58.6 Å². The van der Waals surface area contributed by atoms with E-state index >= 15 is 0 Å². The van der Waals surface area contributed by atoms with Gasteiger partial charge in [0.15, 0.2) is 28.8 Å². The smallest absolute Gasteiger partial charge is 0.287 e. The number of carbonyl (C=O) groups excluding carboxylic acids is 6. The summed E-state index contributed by atoms with van der Waals surface area (Å²) in [5.74, 6) is 0.0292. The molecule has 0 aliphatic heterocycles. The summed E-state index contributed by atoms with van der Waals surface area (Å²) >= 11 is 12.1. The van der Waals surface area contributed by atoms with Gasteiger partial charge in [0, 0.05) is 136 Å². The number of hydrogen-bond donors (Lipinski definition) is 6. The lowest BCUT2D eigenvalue weighted by molar-refractivity contribution is 0.0126. The van der Waals surface area contributed by atoms with Crippen LogP contribution in [0.4, 0.5) is 63.1 Å². The fraction of sp³-hybridized carbons (Fsp3) is 0.0714. The molecule has 38 heteroatoms. The molecule has 0 atom stereocenters. The van der Waals surface area contributed by atoms with E-state index in [1.165, 1.54) is 135 Å². The Bertz CT molecular complexity index is 7840. The van der Waals surface area contributed by atoms with Gasteiger partial charge < -0.3 is 60.5 Å². The Morgan fingerprint density at radius 2 is 0.860 bits per heavy atom. The molecule has 9 aromatic carbocycles. The van der Waals surface area contributed by atoms with Gasteiger partial charge in [0.25, 0.3) is 41.4 Å². The lowest BCUT2D eigenvalue weighted by atomic mass is 10.1. The molecule has 750 valence electrons. The predicted octanol–water partition coefficient (Wildman–Crippen LogP) is 24.9. The molecule has 0 unspecified atom stereocenters. The Morgan fingerprint density at radius 1 is 0.380 bits per heavy atom. The Hall–Kier alpha value is -20.0.